The van der Waals surface area contributed by atoms with Gasteiger partial charge in [-0.05, 0) is 30.2 Å². The second-order valence-corrected chi connectivity index (χ2v) is 5.79. The molecule has 0 saturated heterocycles. The fraction of sp³-hybridized carbons (Fsp3) is 0.600. The van der Waals surface area contributed by atoms with Gasteiger partial charge in [-0.25, -0.2) is 0 Å². The van der Waals surface area contributed by atoms with Crippen LogP contribution in [0.4, 0.5) is 0 Å². The molecule has 1 aromatic heterocycles. The van der Waals surface area contributed by atoms with Crippen LogP contribution in [0.1, 0.15) is 44.4 Å². The zero-order valence-electron chi connectivity index (χ0n) is 10.9. The molecule has 0 amide bonds. The van der Waals surface area contributed by atoms with Crippen LogP contribution in [0.3, 0.4) is 0 Å². The molecule has 0 aromatic carbocycles. The van der Waals surface area contributed by atoms with Gasteiger partial charge in [-0.2, -0.15) is 0 Å². The predicted molar refractivity (Wildman–Crippen MR) is 76.5 cm³/mol. The summed E-state index contributed by atoms with van der Waals surface area (Å²) in [5.74, 6) is 0.622. The number of allylic oxidation sites excluding steroid dienone is 1. The van der Waals surface area contributed by atoms with Crippen molar-refractivity contribution >= 4 is 11.3 Å². The number of rotatable bonds is 8. The van der Waals surface area contributed by atoms with Crippen molar-refractivity contribution in [1.82, 2.24) is 0 Å². The molecule has 0 aliphatic carbocycles. The average molecular weight is 252 g/mol. The Morgan fingerprint density at radius 3 is 2.94 bits per heavy atom. The quantitative estimate of drug-likeness (QED) is 0.679. The van der Waals surface area contributed by atoms with E-state index in [4.69, 9.17) is 0 Å². The molecule has 2 atom stereocenters. The lowest BCUT2D eigenvalue weighted by molar-refractivity contribution is 0.187. The fourth-order valence-electron chi connectivity index (χ4n) is 1.93. The minimum absolute atomic E-state index is 0.276. The highest BCUT2D eigenvalue weighted by Crippen LogP contribution is 2.15. The maximum Gasteiger partial charge on any atom is 0.0723 e. The molecule has 1 nitrogen and oxygen atoms in total. The van der Waals surface area contributed by atoms with Crippen molar-refractivity contribution in [2.75, 3.05) is 0 Å². The van der Waals surface area contributed by atoms with Gasteiger partial charge in [0.15, 0.2) is 0 Å². The molecular weight excluding hydrogens is 228 g/mol. The summed E-state index contributed by atoms with van der Waals surface area (Å²) in [7, 11) is 0. The minimum atomic E-state index is -0.276. The fourth-order valence-corrected chi connectivity index (χ4v) is 2.61. The molecule has 0 saturated carbocycles. The maximum atomic E-state index is 9.86. The predicted octanol–water partition coefficient (Wildman–Crippen LogP) is 4.42. The van der Waals surface area contributed by atoms with Gasteiger partial charge in [0, 0.05) is 4.88 Å². The van der Waals surface area contributed by atoms with Gasteiger partial charge in [-0.3, -0.25) is 0 Å². The summed E-state index contributed by atoms with van der Waals surface area (Å²) in [4.78, 5) is 1.35. The first-order chi connectivity index (χ1) is 8.22. The van der Waals surface area contributed by atoms with Crippen LogP contribution in [-0.2, 0) is 6.42 Å². The van der Waals surface area contributed by atoms with E-state index in [9.17, 15) is 5.11 Å². The molecule has 0 spiro atoms. The standard InChI is InChI=1S/C15H24OS/c1-3-4-7-13(2)12-14(16)8-5-9-15-10-6-11-17-15/h5-6,8,10-11,13-14,16H,3-4,7,9,12H2,1-2H3/b8-5+/t13-,14+/m0/s1. The Balaban J connectivity index is 2.19. The number of hydrogen-bond acceptors (Lipinski definition) is 2. The molecule has 0 unspecified atom stereocenters. The van der Waals surface area contributed by atoms with Crippen LogP contribution >= 0.6 is 11.3 Å². The zero-order chi connectivity index (χ0) is 12.5. The van der Waals surface area contributed by atoms with E-state index >= 15 is 0 Å². The zero-order valence-corrected chi connectivity index (χ0v) is 11.7. The van der Waals surface area contributed by atoms with Gasteiger partial charge in [0.25, 0.3) is 0 Å². The van der Waals surface area contributed by atoms with Crippen molar-refractivity contribution in [1.29, 1.82) is 0 Å². The first kappa shape index (κ1) is 14.5. The summed E-state index contributed by atoms with van der Waals surface area (Å²) in [5.41, 5.74) is 0. The summed E-state index contributed by atoms with van der Waals surface area (Å²) in [6.07, 6.45) is 9.33. The maximum absolute atomic E-state index is 9.86. The molecule has 1 aromatic rings. The van der Waals surface area contributed by atoms with Crippen LogP contribution in [0, 0.1) is 5.92 Å². The summed E-state index contributed by atoms with van der Waals surface area (Å²) in [5, 5.41) is 12.0. The molecule has 96 valence electrons. The molecule has 2 heteroatoms. The normalized spacial score (nSPS) is 15.2. The van der Waals surface area contributed by atoms with Gasteiger partial charge < -0.3 is 5.11 Å². The number of unbranched alkanes of at least 4 members (excludes halogenated alkanes) is 1. The topological polar surface area (TPSA) is 20.2 Å². The molecule has 0 aliphatic heterocycles. The average Bonchev–Trinajstić information content (AvgIpc) is 2.79. The third kappa shape index (κ3) is 6.64. The van der Waals surface area contributed by atoms with E-state index in [1.54, 1.807) is 11.3 Å². The van der Waals surface area contributed by atoms with E-state index in [-0.39, 0.29) is 6.10 Å². The number of thiophene rings is 1. The molecule has 0 aliphatic rings. The van der Waals surface area contributed by atoms with Gasteiger partial charge in [-0.15, -0.1) is 11.3 Å². The second-order valence-electron chi connectivity index (χ2n) is 4.76. The van der Waals surface area contributed by atoms with Crippen molar-refractivity contribution in [3.63, 3.8) is 0 Å². The Morgan fingerprint density at radius 1 is 1.47 bits per heavy atom. The van der Waals surface area contributed by atoms with E-state index in [0.717, 1.165) is 12.8 Å². The Bertz CT molecular complexity index is 303. The highest BCUT2D eigenvalue weighted by molar-refractivity contribution is 7.09. The number of hydrogen-bond donors (Lipinski definition) is 1. The van der Waals surface area contributed by atoms with Gasteiger partial charge >= 0.3 is 0 Å². The third-order valence-electron chi connectivity index (χ3n) is 2.95. The lowest BCUT2D eigenvalue weighted by Crippen LogP contribution is -2.08. The Labute approximate surface area is 109 Å². The first-order valence-electron chi connectivity index (χ1n) is 6.59. The van der Waals surface area contributed by atoms with E-state index < -0.39 is 0 Å². The van der Waals surface area contributed by atoms with Crippen molar-refractivity contribution in [3.05, 3.63) is 34.5 Å². The molecule has 0 fully saturated rings. The SMILES string of the molecule is CCCC[C@H](C)C[C@H](O)/C=C/Cc1cccs1. The summed E-state index contributed by atoms with van der Waals surface area (Å²) < 4.78 is 0. The lowest BCUT2D eigenvalue weighted by atomic mass is 9.97. The second kappa shape index (κ2) is 8.48. The van der Waals surface area contributed by atoms with Crippen LogP contribution in [0.25, 0.3) is 0 Å². The van der Waals surface area contributed by atoms with Crippen LogP contribution in [0.15, 0.2) is 29.7 Å². The molecule has 1 N–H and O–H groups in total. The van der Waals surface area contributed by atoms with Gasteiger partial charge in [0.1, 0.15) is 0 Å². The molecular formula is C15H24OS. The summed E-state index contributed by atoms with van der Waals surface area (Å²) in [6, 6.07) is 4.20. The molecule has 0 radical (unpaired) electrons. The Hall–Kier alpha value is -0.600. The first-order valence-corrected chi connectivity index (χ1v) is 7.47. The lowest BCUT2D eigenvalue weighted by Gasteiger charge is -2.13. The van der Waals surface area contributed by atoms with Crippen LogP contribution in [-0.4, -0.2) is 11.2 Å². The van der Waals surface area contributed by atoms with E-state index in [1.165, 1.54) is 24.1 Å². The van der Waals surface area contributed by atoms with Crippen molar-refractivity contribution in [2.24, 2.45) is 5.92 Å². The van der Waals surface area contributed by atoms with Gasteiger partial charge in [0.2, 0.25) is 0 Å². The number of aliphatic hydroxyl groups is 1. The van der Waals surface area contributed by atoms with Gasteiger partial charge in [0.05, 0.1) is 6.10 Å². The minimum Gasteiger partial charge on any atom is -0.389 e. The monoisotopic (exact) mass is 252 g/mol. The van der Waals surface area contributed by atoms with Crippen molar-refractivity contribution < 1.29 is 5.11 Å². The van der Waals surface area contributed by atoms with E-state index in [2.05, 4.69) is 37.4 Å². The van der Waals surface area contributed by atoms with Crippen molar-refractivity contribution in [3.8, 4) is 0 Å². The molecule has 1 rings (SSSR count). The molecule has 1 heterocycles. The smallest absolute Gasteiger partial charge is 0.0723 e. The Morgan fingerprint density at radius 2 is 2.29 bits per heavy atom. The van der Waals surface area contributed by atoms with E-state index in [0.29, 0.717) is 5.92 Å². The van der Waals surface area contributed by atoms with Gasteiger partial charge in [-0.1, -0.05) is 51.3 Å². The third-order valence-corrected chi connectivity index (χ3v) is 3.85. The Kier molecular flexibility index (Phi) is 7.22. The molecule has 17 heavy (non-hydrogen) atoms. The highest BCUT2D eigenvalue weighted by atomic mass is 32.1. The largest absolute Gasteiger partial charge is 0.389 e. The summed E-state index contributed by atoms with van der Waals surface area (Å²) >= 11 is 1.77. The number of aliphatic hydroxyl groups excluding tert-OH is 1. The van der Waals surface area contributed by atoms with E-state index in [1.807, 2.05) is 6.08 Å². The highest BCUT2D eigenvalue weighted by Gasteiger charge is 2.06. The van der Waals surface area contributed by atoms with Crippen LogP contribution in [0.2, 0.25) is 0 Å². The van der Waals surface area contributed by atoms with Crippen LogP contribution < -0.4 is 0 Å². The summed E-state index contributed by atoms with van der Waals surface area (Å²) in [6.45, 7) is 4.44. The molecule has 0 bridgehead atoms. The van der Waals surface area contributed by atoms with Crippen LogP contribution in [0.5, 0.6) is 0 Å². The van der Waals surface area contributed by atoms with Crippen molar-refractivity contribution in [2.45, 2.75) is 52.1 Å².